The van der Waals surface area contributed by atoms with Crippen LogP contribution in [0.5, 0.6) is 0 Å². The quantitative estimate of drug-likeness (QED) is 0.800. The van der Waals surface area contributed by atoms with Gasteiger partial charge in [0.2, 0.25) is 11.8 Å². The highest BCUT2D eigenvalue weighted by molar-refractivity contribution is 6.34. The Kier molecular flexibility index (Phi) is 6.74. The van der Waals surface area contributed by atoms with E-state index in [1.165, 1.54) is 6.92 Å². The van der Waals surface area contributed by atoms with E-state index in [0.717, 1.165) is 25.9 Å². The van der Waals surface area contributed by atoms with Crippen molar-refractivity contribution in [2.75, 3.05) is 56.4 Å². The number of piperazine rings is 1. The molecule has 2 saturated heterocycles. The van der Waals surface area contributed by atoms with E-state index in [-0.39, 0.29) is 17.8 Å². The van der Waals surface area contributed by atoms with Crippen LogP contribution in [0.15, 0.2) is 18.2 Å². The molecule has 152 valence electrons. The summed E-state index contributed by atoms with van der Waals surface area (Å²) >= 11 is 6.20. The van der Waals surface area contributed by atoms with Crippen LogP contribution in [-0.4, -0.2) is 78.4 Å². The Bertz CT molecular complexity index is 743. The number of hydrogen-bond donors (Lipinski definition) is 2. The van der Waals surface area contributed by atoms with Crippen molar-refractivity contribution >= 4 is 40.8 Å². The van der Waals surface area contributed by atoms with E-state index in [1.807, 2.05) is 4.90 Å². The number of carbonyl (C=O) groups is 3. The zero-order chi connectivity index (χ0) is 20.1. The summed E-state index contributed by atoms with van der Waals surface area (Å²) in [7, 11) is 0. The minimum Gasteiger partial charge on any atom is -0.342 e. The number of urea groups is 1. The minimum atomic E-state index is -0.223. The lowest BCUT2D eigenvalue weighted by molar-refractivity contribution is -0.131. The van der Waals surface area contributed by atoms with E-state index in [1.54, 1.807) is 23.1 Å². The number of halogens is 1. The Hall–Kier alpha value is -2.32. The van der Waals surface area contributed by atoms with Crippen molar-refractivity contribution < 1.29 is 14.4 Å². The highest BCUT2D eigenvalue weighted by Crippen LogP contribution is 2.26. The molecule has 2 aliphatic rings. The lowest BCUT2D eigenvalue weighted by Crippen LogP contribution is -2.52. The van der Waals surface area contributed by atoms with Gasteiger partial charge >= 0.3 is 6.03 Å². The van der Waals surface area contributed by atoms with Crippen LogP contribution in [0.4, 0.5) is 16.2 Å². The van der Waals surface area contributed by atoms with Crippen LogP contribution < -0.4 is 10.6 Å². The SMILES string of the molecule is CC(=O)Nc1ccc(NC(=O)N2CCN(CC(=O)N3CCCC3)CC2)c(Cl)c1. The molecule has 2 aliphatic heterocycles. The van der Waals surface area contributed by atoms with Crippen LogP contribution in [0.25, 0.3) is 0 Å². The third-order valence-electron chi connectivity index (χ3n) is 5.01. The van der Waals surface area contributed by atoms with Crippen LogP contribution in [-0.2, 0) is 9.59 Å². The number of rotatable bonds is 4. The highest BCUT2D eigenvalue weighted by atomic mass is 35.5. The first-order chi connectivity index (χ1) is 13.4. The molecule has 9 heteroatoms. The van der Waals surface area contributed by atoms with Gasteiger partial charge in [0.15, 0.2) is 0 Å². The fourth-order valence-electron chi connectivity index (χ4n) is 3.46. The molecule has 4 amide bonds. The number of nitrogens with zero attached hydrogens (tertiary/aromatic N) is 3. The summed E-state index contributed by atoms with van der Waals surface area (Å²) in [5.74, 6) is -0.00428. The zero-order valence-corrected chi connectivity index (χ0v) is 16.8. The van der Waals surface area contributed by atoms with Gasteiger partial charge in [-0.3, -0.25) is 14.5 Å². The van der Waals surface area contributed by atoms with Crippen LogP contribution in [0.1, 0.15) is 19.8 Å². The van der Waals surface area contributed by atoms with E-state index >= 15 is 0 Å². The van der Waals surface area contributed by atoms with Gasteiger partial charge in [-0.1, -0.05) is 11.6 Å². The lowest BCUT2D eigenvalue weighted by atomic mass is 10.2. The third kappa shape index (κ3) is 5.36. The number of anilines is 2. The largest absolute Gasteiger partial charge is 0.342 e. The number of benzene rings is 1. The Morgan fingerprint density at radius 2 is 1.64 bits per heavy atom. The van der Waals surface area contributed by atoms with Gasteiger partial charge in [-0.25, -0.2) is 4.79 Å². The molecule has 28 heavy (non-hydrogen) atoms. The van der Waals surface area contributed by atoms with Crippen LogP contribution in [0.3, 0.4) is 0 Å². The topological polar surface area (TPSA) is 85.0 Å². The maximum atomic E-state index is 12.5. The maximum absolute atomic E-state index is 12.5. The fourth-order valence-corrected chi connectivity index (χ4v) is 3.69. The van der Waals surface area contributed by atoms with Crippen LogP contribution in [0, 0.1) is 0 Å². The number of carbonyl (C=O) groups excluding carboxylic acids is 3. The maximum Gasteiger partial charge on any atom is 0.321 e. The number of nitrogens with one attached hydrogen (secondary N) is 2. The predicted octanol–water partition coefficient (Wildman–Crippen LogP) is 2.07. The fraction of sp³-hybridized carbons (Fsp3) is 0.526. The Labute approximate surface area is 169 Å². The summed E-state index contributed by atoms with van der Waals surface area (Å²) in [6.07, 6.45) is 2.18. The standard InChI is InChI=1S/C19H26ClN5O3/c1-14(26)21-15-4-5-17(16(20)12-15)22-19(28)25-10-8-23(9-11-25)13-18(27)24-6-2-3-7-24/h4-5,12H,2-3,6-11,13H2,1H3,(H,21,26)(H,22,28). The van der Waals surface area contributed by atoms with E-state index in [0.29, 0.717) is 49.1 Å². The molecule has 0 aliphatic carbocycles. The summed E-state index contributed by atoms with van der Waals surface area (Å²) in [6.45, 7) is 6.02. The first-order valence-corrected chi connectivity index (χ1v) is 9.93. The molecule has 1 aromatic rings. The molecule has 2 heterocycles. The highest BCUT2D eigenvalue weighted by Gasteiger charge is 2.25. The van der Waals surface area contributed by atoms with Crippen molar-refractivity contribution in [2.45, 2.75) is 19.8 Å². The van der Waals surface area contributed by atoms with E-state index in [2.05, 4.69) is 15.5 Å². The number of amides is 4. The van der Waals surface area contributed by atoms with Crippen molar-refractivity contribution in [3.63, 3.8) is 0 Å². The first-order valence-electron chi connectivity index (χ1n) is 9.55. The van der Waals surface area contributed by atoms with Gasteiger partial charge < -0.3 is 20.4 Å². The van der Waals surface area contributed by atoms with Crippen molar-refractivity contribution in [1.29, 1.82) is 0 Å². The molecule has 8 nitrogen and oxygen atoms in total. The summed E-state index contributed by atoms with van der Waals surface area (Å²) in [5, 5.41) is 5.81. The Morgan fingerprint density at radius 1 is 0.964 bits per heavy atom. The lowest BCUT2D eigenvalue weighted by Gasteiger charge is -2.35. The minimum absolute atomic E-state index is 0.182. The second-order valence-corrected chi connectivity index (χ2v) is 7.56. The summed E-state index contributed by atoms with van der Waals surface area (Å²) in [6, 6.07) is 4.72. The predicted molar refractivity (Wildman–Crippen MR) is 109 cm³/mol. The normalized spacial score (nSPS) is 17.5. The third-order valence-corrected chi connectivity index (χ3v) is 5.32. The van der Waals surface area contributed by atoms with E-state index in [4.69, 9.17) is 11.6 Å². The average molecular weight is 408 g/mol. The van der Waals surface area contributed by atoms with Crippen molar-refractivity contribution in [3.8, 4) is 0 Å². The molecule has 1 aromatic carbocycles. The van der Waals surface area contributed by atoms with Gasteiger partial charge in [-0.05, 0) is 31.0 Å². The Morgan fingerprint density at radius 3 is 2.25 bits per heavy atom. The first kappa shape index (κ1) is 20.4. The Balaban J connectivity index is 1.47. The molecule has 0 bridgehead atoms. The zero-order valence-electron chi connectivity index (χ0n) is 16.0. The van der Waals surface area contributed by atoms with Gasteiger partial charge in [0.1, 0.15) is 0 Å². The van der Waals surface area contributed by atoms with Gasteiger partial charge in [0, 0.05) is 51.9 Å². The van der Waals surface area contributed by atoms with Gasteiger partial charge in [0.05, 0.1) is 17.3 Å². The molecule has 2 N–H and O–H groups in total. The molecule has 0 aromatic heterocycles. The molecular formula is C19H26ClN5O3. The van der Waals surface area contributed by atoms with Crippen molar-refractivity contribution in [2.24, 2.45) is 0 Å². The smallest absolute Gasteiger partial charge is 0.321 e. The second kappa shape index (κ2) is 9.25. The van der Waals surface area contributed by atoms with Gasteiger partial charge in [-0.15, -0.1) is 0 Å². The van der Waals surface area contributed by atoms with Crippen molar-refractivity contribution in [3.05, 3.63) is 23.2 Å². The molecule has 0 radical (unpaired) electrons. The van der Waals surface area contributed by atoms with E-state index < -0.39 is 0 Å². The molecular weight excluding hydrogens is 382 g/mol. The molecule has 0 atom stereocenters. The summed E-state index contributed by atoms with van der Waals surface area (Å²) < 4.78 is 0. The number of hydrogen-bond acceptors (Lipinski definition) is 4. The summed E-state index contributed by atoms with van der Waals surface area (Å²) in [5.41, 5.74) is 1.07. The van der Waals surface area contributed by atoms with Gasteiger partial charge in [-0.2, -0.15) is 0 Å². The second-order valence-electron chi connectivity index (χ2n) is 7.16. The molecule has 0 unspecified atom stereocenters. The molecule has 0 saturated carbocycles. The molecule has 2 fully saturated rings. The summed E-state index contributed by atoms with van der Waals surface area (Å²) in [4.78, 5) is 41.6. The molecule has 3 rings (SSSR count). The van der Waals surface area contributed by atoms with Crippen LogP contribution >= 0.6 is 11.6 Å². The molecule has 0 spiro atoms. The number of likely N-dealkylation sites (tertiary alicyclic amines) is 1. The van der Waals surface area contributed by atoms with Crippen LogP contribution in [0.2, 0.25) is 5.02 Å². The monoisotopic (exact) mass is 407 g/mol. The van der Waals surface area contributed by atoms with Gasteiger partial charge in [0.25, 0.3) is 0 Å². The van der Waals surface area contributed by atoms with Crippen molar-refractivity contribution in [1.82, 2.24) is 14.7 Å². The van der Waals surface area contributed by atoms with E-state index in [9.17, 15) is 14.4 Å². The average Bonchev–Trinajstić information content (AvgIpc) is 3.19.